The average Bonchev–Trinajstić information content (AvgIpc) is 3.61. The molecule has 0 bridgehead atoms. The molecular weight excluding hydrogens is 576 g/mol. The Labute approximate surface area is 264 Å². The first kappa shape index (κ1) is 31.3. The standard InChI is InChI=1S/C34H39ClN6O3/c1-4-41(33(43)38(2)31-21-32(44-3)28(20-29(31)35)30-19-26(22-36)11-14-37-30)34(24-42)12-17-39(18-13-34)23-25-7-9-27(10-8-25)40-15-5-6-16-40/h7-11,14,19-21,24H,4-6,12-13,15-18,23H2,1-3H3. The summed E-state index contributed by atoms with van der Waals surface area (Å²) in [4.78, 5) is 38.9. The number of nitrogens with zero attached hydrogens (tertiary/aromatic N) is 6. The van der Waals surface area contributed by atoms with Crippen LogP contribution in [0.2, 0.25) is 5.02 Å². The molecule has 0 spiro atoms. The highest BCUT2D eigenvalue weighted by molar-refractivity contribution is 6.34. The molecule has 2 saturated heterocycles. The Kier molecular flexibility index (Phi) is 9.72. The van der Waals surface area contributed by atoms with Crippen LogP contribution in [0.15, 0.2) is 54.7 Å². The molecule has 2 aromatic carbocycles. The first-order valence-corrected chi connectivity index (χ1v) is 15.5. The molecule has 0 radical (unpaired) electrons. The molecule has 230 valence electrons. The van der Waals surface area contributed by atoms with Gasteiger partial charge in [-0.05, 0) is 68.5 Å². The largest absolute Gasteiger partial charge is 0.496 e. The number of piperidine rings is 1. The second-order valence-corrected chi connectivity index (χ2v) is 11.9. The van der Waals surface area contributed by atoms with Crippen LogP contribution < -0.4 is 14.5 Å². The number of rotatable bonds is 9. The maximum atomic E-state index is 14.0. The number of hydrogen-bond donors (Lipinski definition) is 0. The SMILES string of the molecule is CCN(C(=O)N(C)c1cc(OC)c(-c2cc(C#N)ccn2)cc1Cl)C1(C=O)CCN(Cc2ccc(N3CCCC3)cc2)CC1. The molecule has 2 aliphatic rings. The molecule has 0 aliphatic carbocycles. The van der Waals surface area contributed by atoms with Gasteiger partial charge in [-0.15, -0.1) is 0 Å². The minimum absolute atomic E-state index is 0.313. The second-order valence-electron chi connectivity index (χ2n) is 11.5. The molecule has 2 fully saturated rings. The molecule has 3 heterocycles. The van der Waals surface area contributed by atoms with E-state index < -0.39 is 5.54 Å². The van der Waals surface area contributed by atoms with Crippen molar-refractivity contribution < 1.29 is 14.3 Å². The fourth-order valence-electron chi connectivity index (χ4n) is 6.34. The number of carbonyl (C=O) groups excluding carboxylic acids is 2. The lowest BCUT2D eigenvalue weighted by Gasteiger charge is -2.46. The minimum Gasteiger partial charge on any atom is -0.496 e. The number of aromatic nitrogens is 1. The van der Waals surface area contributed by atoms with Gasteiger partial charge < -0.3 is 19.3 Å². The van der Waals surface area contributed by atoms with Crippen LogP contribution in [-0.2, 0) is 11.3 Å². The molecule has 9 nitrogen and oxygen atoms in total. The van der Waals surface area contributed by atoms with Crippen LogP contribution in [-0.4, -0.2) is 79.5 Å². The van der Waals surface area contributed by atoms with Crippen LogP contribution in [0.1, 0.15) is 43.7 Å². The van der Waals surface area contributed by atoms with Gasteiger partial charge in [0.15, 0.2) is 0 Å². The zero-order valence-corrected chi connectivity index (χ0v) is 26.4. The van der Waals surface area contributed by atoms with Crippen molar-refractivity contribution in [1.82, 2.24) is 14.8 Å². The number of anilines is 2. The number of halogens is 1. The number of benzene rings is 2. The Balaban J connectivity index is 1.29. The summed E-state index contributed by atoms with van der Waals surface area (Å²) in [6.45, 7) is 6.74. The summed E-state index contributed by atoms with van der Waals surface area (Å²) in [5.41, 5.74) is 3.67. The summed E-state index contributed by atoms with van der Waals surface area (Å²) < 4.78 is 5.64. The highest BCUT2D eigenvalue weighted by Crippen LogP contribution is 2.39. The maximum absolute atomic E-state index is 14.0. The van der Waals surface area contributed by atoms with Crippen LogP contribution in [0, 0.1) is 11.3 Å². The fourth-order valence-corrected chi connectivity index (χ4v) is 6.63. The molecule has 0 unspecified atom stereocenters. The maximum Gasteiger partial charge on any atom is 0.325 e. The molecule has 0 N–H and O–H groups in total. The lowest BCUT2D eigenvalue weighted by molar-refractivity contribution is -0.119. The van der Waals surface area contributed by atoms with Crippen LogP contribution in [0.4, 0.5) is 16.2 Å². The Morgan fingerprint density at radius 2 is 1.82 bits per heavy atom. The first-order chi connectivity index (χ1) is 21.3. The average molecular weight is 615 g/mol. The van der Waals surface area contributed by atoms with Gasteiger partial charge in [0.25, 0.3) is 0 Å². The number of ether oxygens (including phenoxy) is 1. The monoisotopic (exact) mass is 614 g/mol. The predicted molar refractivity (Wildman–Crippen MR) is 173 cm³/mol. The normalized spacial score (nSPS) is 16.3. The van der Waals surface area contributed by atoms with E-state index in [0.717, 1.165) is 25.9 Å². The molecule has 44 heavy (non-hydrogen) atoms. The van der Waals surface area contributed by atoms with Gasteiger partial charge >= 0.3 is 6.03 Å². The van der Waals surface area contributed by atoms with Crippen molar-refractivity contribution in [2.75, 3.05) is 56.7 Å². The highest BCUT2D eigenvalue weighted by atomic mass is 35.5. The fraction of sp³-hybridized carbons (Fsp3) is 0.412. The molecule has 3 aromatic rings. The van der Waals surface area contributed by atoms with Crippen LogP contribution in [0.25, 0.3) is 11.3 Å². The molecule has 1 aromatic heterocycles. The van der Waals surface area contributed by atoms with E-state index >= 15 is 0 Å². The number of urea groups is 1. The zero-order valence-electron chi connectivity index (χ0n) is 25.6. The number of methoxy groups -OCH3 is 1. The van der Waals surface area contributed by atoms with Gasteiger partial charge in [0.05, 0.1) is 35.1 Å². The Bertz CT molecular complexity index is 1520. The van der Waals surface area contributed by atoms with E-state index in [2.05, 4.69) is 45.1 Å². The van der Waals surface area contributed by atoms with Crippen molar-refractivity contribution in [2.24, 2.45) is 0 Å². The molecule has 2 amide bonds. The van der Waals surface area contributed by atoms with E-state index in [1.807, 2.05) is 6.92 Å². The van der Waals surface area contributed by atoms with Gasteiger partial charge in [-0.3, -0.25) is 14.8 Å². The van der Waals surface area contributed by atoms with Gasteiger partial charge in [-0.2, -0.15) is 5.26 Å². The second kappa shape index (κ2) is 13.7. The van der Waals surface area contributed by atoms with Crippen molar-refractivity contribution in [3.63, 3.8) is 0 Å². The van der Waals surface area contributed by atoms with E-state index in [0.29, 0.717) is 65.8 Å². The number of nitriles is 1. The number of aldehydes is 1. The molecule has 0 saturated carbocycles. The van der Waals surface area contributed by atoms with E-state index in [4.69, 9.17) is 16.3 Å². The number of carbonyl (C=O) groups is 2. The number of hydrogen-bond acceptors (Lipinski definition) is 7. The summed E-state index contributed by atoms with van der Waals surface area (Å²) in [5.74, 6) is 0.460. The number of likely N-dealkylation sites (tertiary alicyclic amines) is 1. The molecule has 2 aliphatic heterocycles. The Morgan fingerprint density at radius 1 is 1.11 bits per heavy atom. The van der Waals surface area contributed by atoms with Crippen molar-refractivity contribution in [3.05, 3.63) is 70.9 Å². The van der Waals surface area contributed by atoms with Gasteiger partial charge in [0.1, 0.15) is 17.6 Å². The van der Waals surface area contributed by atoms with E-state index in [1.54, 1.807) is 42.4 Å². The highest BCUT2D eigenvalue weighted by Gasteiger charge is 2.43. The van der Waals surface area contributed by atoms with Crippen molar-refractivity contribution >= 4 is 35.3 Å². The van der Waals surface area contributed by atoms with Crippen LogP contribution in [0.3, 0.4) is 0 Å². The van der Waals surface area contributed by atoms with Gasteiger partial charge in [-0.25, -0.2) is 4.79 Å². The number of amides is 2. The molecule has 5 rings (SSSR count). The third kappa shape index (κ3) is 6.37. The van der Waals surface area contributed by atoms with Crippen molar-refractivity contribution in [1.29, 1.82) is 5.26 Å². The summed E-state index contributed by atoms with van der Waals surface area (Å²) in [5, 5.41) is 9.63. The molecular formula is C34H39ClN6O3. The van der Waals surface area contributed by atoms with Crippen LogP contribution >= 0.6 is 11.6 Å². The predicted octanol–water partition coefficient (Wildman–Crippen LogP) is 5.99. The minimum atomic E-state index is -0.908. The number of pyridine rings is 1. The quantitative estimate of drug-likeness (QED) is 0.273. The van der Waals surface area contributed by atoms with E-state index in [9.17, 15) is 14.9 Å². The third-order valence-corrected chi connectivity index (χ3v) is 9.22. The van der Waals surface area contributed by atoms with E-state index in [-0.39, 0.29) is 6.03 Å². The molecule has 10 heteroatoms. The van der Waals surface area contributed by atoms with Crippen molar-refractivity contribution in [3.8, 4) is 23.1 Å². The van der Waals surface area contributed by atoms with Crippen LogP contribution in [0.5, 0.6) is 5.75 Å². The topological polar surface area (TPSA) is 93.0 Å². The zero-order chi connectivity index (χ0) is 31.3. The molecule has 0 atom stereocenters. The summed E-state index contributed by atoms with van der Waals surface area (Å²) in [6, 6.07) is 17.3. The Hall–Kier alpha value is -4.13. The lowest BCUT2D eigenvalue weighted by atomic mass is 9.87. The number of likely N-dealkylation sites (N-methyl/N-ethyl adjacent to an activating group) is 1. The van der Waals surface area contributed by atoms with E-state index in [1.165, 1.54) is 36.1 Å². The third-order valence-electron chi connectivity index (χ3n) is 8.92. The van der Waals surface area contributed by atoms with Gasteiger partial charge in [0, 0.05) is 69.8 Å². The Morgan fingerprint density at radius 3 is 2.43 bits per heavy atom. The summed E-state index contributed by atoms with van der Waals surface area (Å²) >= 11 is 6.73. The summed E-state index contributed by atoms with van der Waals surface area (Å²) in [7, 11) is 3.18. The van der Waals surface area contributed by atoms with Gasteiger partial charge in [-0.1, -0.05) is 23.7 Å². The first-order valence-electron chi connectivity index (χ1n) is 15.1. The van der Waals surface area contributed by atoms with Crippen molar-refractivity contribution in [2.45, 2.75) is 44.7 Å². The summed E-state index contributed by atoms with van der Waals surface area (Å²) in [6.07, 6.45) is 6.11. The van der Waals surface area contributed by atoms with Gasteiger partial charge in [0.2, 0.25) is 0 Å². The lowest BCUT2D eigenvalue weighted by Crippen LogP contribution is -2.60. The smallest absolute Gasteiger partial charge is 0.325 e.